The van der Waals surface area contributed by atoms with Gasteiger partial charge in [-0.15, -0.1) is 4.67 Å². The normalized spacial score (nSPS) is 12.9. The van der Waals surface area contributed by atoms with E-state index in [2.05, 4.69) is 59.9 Å². The summed E-state index contributed by atoms with van der Waals surface area (Å²) in [6.45, 7) is 3.64. The van der Waals surface area contributed by atoms with Crippen LogP contribution in [0.1, 0.15) is 16.7 Å². The molecular weight excluding hydrogens is 206 g/mol. The van der Waals surface area contributed by atoms with Crippen molar-refractivity contribution >= 4 is 18.0 Å². The summed E-state index contributed by atoms with van der Waals surface area (Å²) in [5, 5.41) is 0. The van der Waals surface area contributed by atoms with Gasteiger partial charge < -0.3 is 0 Å². The van der Waals surface area contributed by atoms with Gasteiger partial charge >= 0.3 is 5.71 Å². The smallest absolute Gasteiger partial charge is 0.100 e. The summed E-state index contributed by atoms with van der Waals surface area (Å²) in [5.74, 6) is 0. The van der Waals surface area contributed by atoms with Crippen molar-refractivity contribution in [2.24, 2.45) is 0 Å². The van der Waals surface area contributed by atoms with Crippen molar-refractivity contribution in [3.63, 3.8) is 0 Å². The quantitative estimate of drug-likeness (QED) is 0.516. The van der Waals surface area contributed by atoms with Crippen LogP contribution in [0.4, 0.5) is 0 Å². The Morgan fingerprint density at radius 2 is 1.41 bits per heavy atom. The molecule has 0 unspecified atom stereocenters. The fraction of sp³-hybridized carbons (Fsp3) is 0. The highest BCUT2D eigenvalue weighted by Gasteiger charge is 2.25. The van der Waals surface area contributed by atoms with E-state index in [0.29, 0.717) is 0 Å². The fourth-order valence-corrected chi connectivity index (χ4v) is 2.22. The van der Waals surface area contributed by atoms with Crippen LogP contribution < -0.4 is 4.67 Å². The number of hydrogen-bond acceptors (Lipinski definition) is 0. The van der Waals surface area contributed by atoms with Crippen molar-refractivity contribution in [2.75, 3.05) is 0 Å². The third kappa shape index (κ3) is 1.54. The van der Waals surface area contributed by atoms with Gasteiger partial charge in [0, 0.05) is 6.08 Å². The van der Waals surface area contributed by atoms with Crippen LogP contribution >= 0.6 is 0 Å². The van der Waals surface area contributed by atoms with E-state index in [-0.39, 0.29) is 0 Å². The van der Waals surface area contributed by atoms with E-state index < -0.39 is 0 Å². The maximum absolute atomic E-state index is 4.09. The largest absolute Gasteiger partial charge is 0.334 e. The summed E-state index contributed by atoms with van der Waals surface area (Å²) in [6, 6.07) is 18.7. The third-order valence-electron chi connectivity index (χ3n) is 3.03. The van der Waals surface area contributed by atoms with Gasteiger partial charge in [0.1, 0.15) is 0 Å². The number of nitrogens with zero attached hydrogens (tertiary/aromatic N) is 1. The van der Waals surface area contributed by atoms with Gasteiger partial charge in [-0.05, 0) is 22.8 Å². The van der Waals surface area contributed by atoms with E-state index in [9.17, 15) is 0 Å². The van der Waals surface area contributed by atoms with Gasteiger partial charge in [-0.3, -0.25) is 0 Å². The molecular formula is C16H12N+. The lowest BCUT2D eigenvalue weighted by Crippen LogP contribution is -1.96. The van der Waals surface area contributed by atoms with Crippen molar-refractivity contribution in [3.8, 4) is 0 Å². The molecule has 2 aromatic rings. The first kappa shape index (κ1) is 9.83. The van der Waals surface area contributed by atoms with Gasteiger partial charge in [-0.1, -0.05) is 48.5 Å². The Kier molecular flexibility index (Phi) is 2.25. The van der Waals surface area contributed by atoms with Crippen LogP contribution in [0.15, 0.2) is 60.7 Å². The van der Waals surface area contributed by atoms with Crippen molar-refractivity contribution in [2.45, 2.75) is 0 Å². The minimum absolute atomic E-state index is 0.958. The predicted octanol–water partition coefficient (Wildman–Crippen LogP) is 2.69. The van der Waals surface area contributed by atoms with E-state index in [1.165, 1.54) is 22.3 Å². The Balaban J connectivity index is 2.24. The first-order valence-electron chi connectivity index (χ1n) is 5.61. The van der Waals surface area contributed by atoms with Gasteiger partial charge in [0.2, 0.25) is 0 Å². The molecule has 0 saturated heterocycles. The molecule has 0 aromatic heterocycles. The molecule has 0 atom stereocenters. The Morgan fingerprint density at radius 3 is 2.12 bits per heavy atom. The van der Waals surface area contributed by atoms with E-state index in [1.807, 2.05) is 12.1 Å². The molecule has 1 aliphatic rings. The maximum atomic E-state index is 4.09. The monoisotopic (exact) mass is 218 g/mol. The van der Waals surface area contributed by atoms with Crippen molar-refractivity contribution in [1.82, 2.24) is 4.67 Å². The summed E-state index contributed by atoms with van der Waals surface area (Å²) in [7, 11) is 0. The molecule has 2 aromatic carbocycles. The molecule has 0 bridgehead atoms. The first-order valence-corrected chi connectivity index (χ1v) is 5.61. The second-order valence-corrected chi connectivity index (χ2v) is 4.01. The Bertz CT molecular complexity index is 644. The fourth-order valence-electron chi connectivity index (χ4n) is 2.22. The SMILES string of the molecule is C=[N+]=C1C=C(c2ccccc2)c2ccccc21. The molecule has 3 rings (SSSR count). The summed E-state index contributed by atoms with van der Waals surface area (Å²) in [5.41, 5.74) is 5.81. The highest BCUT2D eigenvalue weighted by atomic mass is 14.6. The van der Waals surface area contributed by atoms with Crippen LogP contribution in [0, 0.1) is 0 Å². The highest BCUT2D eigenvalue weighted by Crippen LogP contribution is 2.31. The molecule has 0 radical (unpaired) electrons. The zero-order valence-corrected chi connectivity index (χ0v) is 9.43. The third-order valence-corrected chi connectivity index (χ3v) is 3.03. The minimum Gasteiger partial charge on any atom is -0.100 e. The van der Waals surface area contributed by atoms with Crippen molar-refractivity contribution in [3.05, 3.63) is 77.4 Å². The van der Waals surface area contributed by atoms with Crippen molar-refractivity contribution in [1.29, 1.82) is 0 Å². The topological polar surface area (TPSA) is 14.1 Å². The van der Waals surface area contributed by atoms with Gasteiger partial charge in [0.15, 0.2) is 0 Å². The van der Waals surface area contributed by atoms with Crippen LogP contribution in [-0.2, 0) is 0 Å². The summed E-state index contributed by atoms with van der Waals surface area (Å²) < 4.78 is 4.09. The average Bonchev–Trinajstić information content (AvgIpc) is 2.78. The van der Waals surface area contributed by atoms with Crippen LogP contribution in [-0.4, -0.2) is 12.4 Å². The lowest BCUT2D eigenvalue weighted by Gasteiger charge is -2.03. The lowest BCUT2D eigenvalue weighted by atomic mass is 9.99. The highest BCUT2D eigenvalue weighted by molar-refractivity contribution is 6.21. The second kappa shape index (κ2) is 3.89. The summed E-state index contributed by atoms with van der Waals surface area (Å²) in [4.78, 5) is 0. The van der Waals surface area contributed by atoms with E-state index in [4.69, 9.17) is 0 Å². The first-order chi connectivity index (χ1) is 8.40. The standard InChI is InChI=1S/C16H12N/c1-17-16-11-15(12-7-3-2-4-8-12)13-9-5-6-10-14(13)16/h2-11H,1H2/q+1. The molecule has 0 saturated carbocycles. The Labute approximate surface area is 100 Å². The van der Waals surface area contributed by atoms with E-state index >= 15 is 0 Å². The van der Waals surface area contributed by atoms with Gasteiger partial charge in [-0.25, -0.2) is 0 Å². The molecule has 1 heteroatoms. The van der Waals surface area contributed by atoms with Gasteiger partial charge in [0.25, 0.3) is 6.72 Å². The molecule has 0 spiro atoms. The molecule has 1 nitrogen and oxygen atoms in total. The zero-order valence-electron chi connectivity index (χ0n) is 9.43. The number of rotatable bonds is 1. The number of fused-ring (bicyclic) bond motifs is 1. The summed E-state index contributed by atoms with van der Waals surface area (Å²) >= 11 is 0. The Morgan fingerprint density at radius 1 is 0.765 bits per heavy atom. The van der Waals surface area contributed by atoms with E-state index in [0.717, 1.165) is 5.71 Å². The van der Waals surface area contributed by atoms with Crippen molar-refractivity contribution < 1.29 is 0 Å². The molecule has 17 heavy (non-hydrogen) atoms. The molecule has 1 aliphatic carbocycles. The summed E-state index contributed by atoms with van der Waals surface area (Å²) in [6.07, 6.45) is 2.10. The van der Waals surface area contributed by atoms with Crippen LogP contribution in [0.3, 0.4) is 0 Å². The van der Waals surface area contributed by atoms with Gasteiger partial charge in [0.05, 0.1) is 5.56 Å². The molecule has 0 N–H and O–H groups in total. The second-order valence-electron chi connectivity index (χ2n) is 4.01. The molecule has 0 heterocycles. The van der Waals surface area contributed by atoms with E-state index in [1.54, 1.807) is 0 Å². The Hall–Kier alpha value is -2.37. The molecule has 80 valence electrons. The molecule has 0 amide bonds. The minimum atomic E-state index is 0.958. The van der Waals surface area contributed by atoms with Crippen LogP contribution in [0.25, 0.3) is 5.57 Å². The maximum Gasteiger partial charge on any atom is 0.334 e. The number of benzene rings is 2. The predicted molar refractivity (Wildman–Crippen MR) is 73.3 cm³/mol. The van der Waals surface area contributed by atoms with Gasteiger partial charge in [-0.2, -0.15) is 0 Å². The molecule has 0 fully saturated rings. The lowest BCUT2D eigenvalue weighted by molar-refractivity contribution is 1.55. The van der Waals surface area contributed by atoms with Crippen LogP contribution in [0.2, 0.25) is 0 Å². The van der Waals surface area contributed by atoms with Crippen LogP contribution in [0.5, 0.6) is 0 Å². The number of allylic oxidation sites excluding steroid dienone is 1. The average molecular weight is 218 g/mol. The number of hydrogen-bond donors (Lipinski definition) is 0. The zero-order chi connectivity index (χ0) is 11.7. The molecule has 0 aliphatic heterocycles.